The number of furan rings is 2. The van der Waals surface area contributed by atoms with Crippen LogP contribution in [0, 0.1) is 12.7 Å². The highest BCUT2D eigenvalue weighted by molar-refractivity contribution is 6.09. The van der Waals surface area contributed by atoms with Gasteiger partial charge >= 0.3 is 0 Å². The number of fused-ring (bicyclic) bond motifs is 1. The summed E-state index contributed by atoms with van der Waals surface area (Å²) in [6.07, 6.45) is 1.55. The number of benzene rings is 2. The molecule has 2 aromatic carbocycles. The minimum absolute atomic E-state index is 0.228. The van der Waals surface area contributed by atoms with Gasteiger partial charge in [-0.3, -0.25) is 4.79 Å². The van der Waals surface area contributed by atoms with Crippen molar-refractivity contribution in [2.24, 2.45) is 0 Å². The molecule has 4 aromatic rings. The quantitative estimate of drug-likeness (QED) is 0.559. The molecule has 0 aliphatic rings. The van der Waals surface area contributed by atoms with E-state index in [1.54, 1.807) is 30.5 Å². The molecule has 4 rings (SSSR count). The van der Waals surface area contributed by atoms with Crippen LogP contribution in [-0.2, 0) is 6.54 Å². The summed E-state index contributed by atoms with van der Waals surface area (Å²) in [5.41, 5.74) is 1.76. The first-order chi connectivity index (χ1) is 12.6. The largest absolute Gasteiger partial charge is 0.467 e. The molecular formula is C21H16FNO3. The second-order valence-corrected chi connectivity index (χ2v) is 6.08. The molecule has 0 saturated carbocycles. The van der Waals surface area contributed by atoms with Crippen molar-refractivity contribution in [3.63, 3.8) is 0 Å². The molecule has 1 amide bonds. The van der Waals surface area contributed by atoms with Gasteiger partial charge in [0.15, 0.2) is 5.76 Å². The van der Waals surface area contributed by atoms with E-state index >= 15 is 0 Å². The molecule has 0 spiro atoms. The number of hydrogen-bond donors (Lipinski definition) is 1. The van der Waals surface area contributed by atoms with Crippen LogP contribution in [0.15, 0.2) is 69.7 Å². The highest BCUT2D eigenvalue weighted by Gasteiger charge is 2.20. The van der Waals surface area contributed by atoms with Crippen LogP contribution < -0.4 is 5.32 Å². The number of carbonyl (C=O) groups excluding carboxylic acids is 1. The van der Waals surface area contributed by atoms with Crippen molar-refractivity contribution in [3.8, 4) is 11.3 Å². The van der Waals surface area contributed by atoms with E-state index in [2.05, 4.69) is 5.32 Å². The SMILES string of the molecule is Cc1ccc2c(C(=O)NCc3ccco3)oc(-c3ccc(F)cc3)c2c1. The minimum atomic E-state index is -0.330. The van der Waals surface area contributed by atoms with E-state index < -0.39 is 0 Å². The van der Waals surface area contributed by atoms with Gasteiger partial charge in [-0.2, -0.15) is 0 Å². The predicted octanol–water partition coefficient (Wildman–Crippen LogP) is 5.07. The summed E-state index contributed by atoms with van der Waals surface area (Å²) in [7, 11) is 0. The average molecular weight is 349 g/mol. The van der Waals surface area contributed by atoms with E-state index in [4.69, 9.17) is 8.83 Å². The van der Waals surface area contributed by atoms with Crippen molar-refractivity contribution in [2.45, 2.75) is 13.5 Å². The lowest BCUT2D eigenvalue weighted by Crippen LogP contribution is -2.22. The van der Waals surface area contributed by atoms with E-state index in [1.807, 2.05) is 25.1 Å². The number of hydrogen-bond acceptors (Lipinski definition) is 3. The molecule has 0 fully saturated rings. The minimum Gasteiger partial charge on any atom is -0.467 e. The average Bonchev–Trinajstić information content (AvgIpc) is 3.28. The van der Waals surface area contributed by atoms with Gasteiger partial charge in [-0.25, -0.2) is 4.39 Å². The molecule has 2 aromatic heterocycles. The van der Waals surface area contributed by atoms with Crippen molar-refractivity contribution in [1.82, 2.24) is 5.32 Å². The first-order valence-electron chi connectivity index (χ1n) is 8.21. The number of carbonyl (C=O) groups is 1. The van der Waals surface area contributed by atoms with Crippen molar-refractivity contribution in [2.75, 3.05) is 0 Å². The summed E-state index contributed by atoms with van der Waals surface area (Å²) >= 11 is 0. The lowest BCUT2D eigenvalue weighted by Gasteiger charge is -2.01. The smallest absolute Gasteiger partial charge is 0.288 e. The van der Waals surface area contributed by atoms with Crippen LogP contribution >= 0.6 is 0 Å². The van der Waals surface area contributed by atoms with Crippen LogP contribution in [0.5, 0.6) is 0 Å². The van der Waals surface area contributed by atoms with E-state index in [9.17, 15) is 9.18 Å². The van der Waals surface area contributed by atoms with Gasteiger partial charge in [-0.1, -0.05) is 17.7 Å². The summed E-state index contributed by atoms with van der Waals surface area (Å²) in [4.78, 5) is 12.6. The fourth-order valence-corrected chi connectivity index (χ4v) is 2.90. The lowest BCUT2D eigenvalue weighted by molar-refractivity contribution is 0.0923. The standard InChI is InChI=1S/C21H16FNO3/c1-13-4-9-17-18(11-13)19(14-5-7-15(22)8-6-14)26-20(17)21(24)23-12-16-3-2-10-25-16/h2-11H,12H2,1H3,(H,23,24). The Morgan fingerprint density at radius 2 is 1.88 bits per heavy atom. The Morgan fingerprint density at radius 3 is 2.62 bits per heavy atom. The molecule has 130 valence electrons. The number of halogens is 1. The van der Waals surface area contributed by atoms with E-state index in [0.717, 1.165) is 10.9 Å². The van der Waals surface area contributed by atoms with Crippen LogP contribution in [0.2, 0.25) is 0 Å². The third-order valence-corrected chi connectivity index (χ3v) is 4.18. The molecule has 26 heavy (non-hydrogen) atoms. The van der Waals surface area contributed by atoms with Crippen molar-refractivity contribution in [1.29, 1.82) is 0 Å². The molecule has 0 aliphatic heterocycles. The van der Waals surface area contributed by atoms with Gasteiger partial charge in [-0.05, 0) is 49.4 Å². The topological polar surface area (TPSA) is 55.4 Å². The number of aryl methyl sites for hydroxylation is 1. The lowest BCUT2D eigenvalue weighted by atomic mass is 10.0. The molecule has 0 aliphatic carbocycles. The van der Waals surface area contributed by atoms with Gasteiger partial charge in [0.05, 0.1) is 12.8 Å². The Labute approximate surface area is 149 Å². The molecule has 0 saturated heterocycles. The highest BCUT2D eigenvalue weighted by atomic mass is 19.1. The summed E-state index contributed by atoms with van der Waals surface area (Å²) in [5.74, 6) is 0.780. The Morgan fingerprint density at radius 1 is 1.08 bits per heavy atom. The molecule has 0 radical (unpaired) electrons. The van der Waals surface area contributed by atoms with Crippen LogP contribution in [-0.4, -0.2) is 5.91 Å². The van der Waals surface area contributed by atoms with Crippen LogP contribution in [0.4, 0.5) is 4.39 Å². The van der Waals surface area contributed by atoms with Gasteiger partial charge in [0.2, 0.25) is 0 Å². The monoisotopic (exact) mass is 349 g/mol. The number of amides is 1. The van der Waals surface area contributed by atoms with Crippen LogP contribution in [0.1, 0.15) is 21.9 Å². The summed E-state index contributed by atoms with van der Waals surface area (Å²) in [5, 5.41) is 4.33. The zero-order chi connectivity index (χ0) is 18.1. The third-order valence-electron chi connectivity index (χ3n) is 4.18. The zero-order valence-electron chi connectivity index (χ0n) is 14.1. The van der Waals surface area contributed by atoms with Crippen LogP contribution in [0.25, 0.3) is 22.1 Å². The second-order valence-electron chi connectivity index (χ2n) is 6.08. The number of rotatable bonds is 4. The molecule has 4 nitrogen and oxygen atoms in total. The van der Waals surface area contributed by atoms with Gasteiger partial charge in [0.1, 0.15) is 17.3 Å². The van der Waals surface area contributed by atoms with Crippen molar-refractivity contribution in [3.05, 3.63) is 83.8 Å². The van der Waals surface area contributed by atoms with Gasteiger partial charge < -0.3 is 14.2 Å². The molecule has 5 heteroatoms. The first-order valence-corrected chi connectivity index (χ1v) is 8.21. The highest BCUT2D eigenvalue weighted by Crippen LogP contribution is 2.34. The molecular weight excluding hydrogens is 333 g/mol. The normalized spacial score (nSPS) is 11.0. The Kier molecular flexibility index (Phi) is 4.05. The molecule has 0 bridgehead atoms. The van der Waals surface area contributed by atoms with Crippen molar-refractivity contribution < 1.29 is 18.0 Å². The Balaban J connectivity index is 1.75. The van der Waals surface area contributed by atoms with E-state index in [1.165, 1.54) is 12.1 Å². The summed E-state index contributed by atoms with van der Waals surface area (Å²) in [6, 6.07) is 15.3. The predicted molar refractivity (Wildman–Crippen MR) is 96.2 cm³/mol. The van der Waals surface area contributed by atoms with Gasteiger partial charge in [-0.15, -0.1) is 0 Å². The first kappa shape index (κ1) is 16.1. The number of nitrogens with one attached hydrogen (secondary N) is 1. The molecule has 0 atom stereocenters. The van der Waals surface area contributed by atoms with E-state index in [-0.39, 0.29) is 24.0 Å². The van der Waals surface area contributed by atoms with Gasteiger partial charge in [0, 0.05) is 16.3 Å². The fraction of sp³-hybridized carbons (Fsp3) is 0.0952. The third kappa shape index (κ3) is 2.99. The second kappa shape index (κ2) is 6.52. The summed E-state index contributed by atoms with van der Waals surface area (Å²) < 4.78 is 24.4. The maximum atomic E-state index is 13.2. The Bertz CT molecular complexity index is 1060. The Hall–Kier alpha value is -3.34. The maximum Gasteiger partial charge on any atom is 0.288 e. The fourth-order valence-electron chi connectivity index (χ4n) is 2.90. The zero-order valence-corrected chi connectivity index (χ0v) is 14.1. The van der Waals surface area contributed by atoms with Crippen LogP contribution in [0.3, 0.4) is 0 Å². The molecule has 0 unspecified atom stereocenters. The van der Waals surface area contributed by atoms with Gasteiger partial charge in [0.25, 0.3) is 5.91 Å². The molecule has 2 heterocycles. The maximum absolute atomic E-state index is 13.2. The van der Waals surface area contributed by atoms with Crippen molar-refractivity contribution >= 4 is 16.7 Å². The summed E-state index contributed by atoms with van der Waals surface area (Å²) in [6.45, 7) is 2.24. The van der Waals surface area contributed by atoms with E-state index in [0.29, 0.717) is 22.5 Å². The molecule has 1 N–H and O–H groups in total.